The van der Waals surface area contributed by atoms with Gasteiger partial charge in [0.15, 0.2) is 0 Å². The van der Waals surface area contributed by atoms with Crippen molar-refractivity contribution in [2.75, 3.05) is 18.5 Å². The van der Waals surface area contributed by atoms with Gasteiger partial charge in [0.25, 0.3) is 0 Å². The topological polar surface area (TPSA) is 83.7 Å². The minimum Gasteiger partial charge on any atom is -0.354 e. The zero-order chi connectivity index (χ0) is 12.1. The van der Waals surface area contributed by atoms with E-state index in [1.807, 2.05) is 24.1 Å². The van der Waals surface area contributed by atoms with Crippen molar-refractivity contribution >= 4 is 5.82 Å². The van der Waals surface area contributed by atoms with Gasteiger partial charge in [0, 0.05) is 31.4 Å². The number of H-pyrrole nitrogens is 1. The molecule has 0 radical (unpaired) electrons. The van der Waals surface area contributed by atoms with Crippen LogP contribution in [0.2, 0.25) is 0 Å². The molecule has 6 heteroatoms. The Balaban J connectivity index is 2.07. The van der Waals surface area contributed by atoms with E-state index in [2.05, 4.69) is 20.2 Å². The molecule has 2 heterocycles. The first-order valence-corrected chi connectivity index (χ1v) is 5.50. The quantitative estimate of drug-likeness (QED) is 0.776. The van der Waals surface area contributed by atoms with Crippen LogP contribution in [0.5, 0.6) is 0 Å². The Bertz CT molecular complexity index is 453. The highest BCUT2D eigenvalue weighted by atomic mass is 15.2. The molecule has 2 aromatic rings. The number of rotatable bonds is 5. The predicted molar refractivity (Wildman–Crippen MR) is 65.5 cm³/mol. The van der Waals surface area contributed by atoms with Crippen LogP contribution in [0.15, 0.2) is 24.7 Å². The van der Waals surface area contributed by atoms with E-state index < -0.39 is 0 Å². The lowest BCUT2D eigenvalue weighted by atomic mass is 10.3. The Morgan fingerprint density at radius 1 is 1.41 bits per heavy atom. The molecule has 0 unspecified atom stereocenters. The lowest BCUT2D eigenvalue weighted by molar-refractivity contribution is 0.837. The van der Waals surface area contributed by atoms with Crippen LogP contribution >= 0.6 is 0 Å². The van der Waals surface area contributed by atoms with Gasteiger partial charge in [-0.1, -0.05) is 0 Å². The summed E-state index contributed by atoms with van der Waals surface area (Å²) < 4.78 is 0. The molecule has 0 amide bonds. The summed E-state index contributed by atoms with van der Waals surface area (Å²) in [6, 6.07) is 3.90. The average Bonchev–Trinajstić information content (AvgIpc) is 2.83. The van der Waals surface area contributed by atoms with E-state index in [-0.39, 0.29) is 0 Å². The minimum absolute atomic E-state index is 0.598. The summed E-state index contributed by atoms with van der Waals surface area (Å²) in [6.45, 7) is 1.33. The van der Waals surface area contributed by atoms with E-state index in [9.17, 15) is 0 Å². The normalized spacial score (nSPS) is 10.5. The van der Waals surface area contributed by atoms with Crippen molar-refractivity contribution in [3.8, 4) is 0 Å². The fraction of sp³-hybridized carbons (Fsp3) is 0.364. The maximum atomic E-state index is 5.51. The lowest BCUT2D eigenvalue weighted by Crippen LogP contribution is -2.18. The molecule has 0 atom stereocenters. The molecule has 0 aliphatic rings. The number of nitrogens with zero attached hydrogens (tertiary/aromatic N) is 4. The Morgan fingerprint density at radius 3 is 3.00 bits per heavy atom. The van der Waals surface area contributed by atoms with Crippen molar-refractivity contribution in [2.45, 2.75) is 13.0 Å². The molecule has 17 heavy (non-hydrogen) atoms. The molecule has 0 saturated heterocycles. The first-order valence-electron chi connectivity index (χ1n) is 5.50. The third-order valence-electron chi connectivity index (χ3n) is 2.47. The van der Waals surface area contributed by atoms with E-state index >= 15 is 0 Å². The van der Waals surface area contributed by atoms with Crippen LogP contribution in [-0.2, 0) is 13.0 Å². The van der Waals surface area contributed by atoms with Crippen LogP contribution < -0.4 is 10.6 Å². The van der Waals surface area contributed by atoms with E-state index in [1.165, 1.54) is 0 Å². The van der Waals surface area contributed by atoms with Gasteiger partial charge < -0.3 is 10.6 Å². The number of hydrogen-bond donors (Lipinski definition) is 2. The van der Waals surface area contributed by atoms with Gasteiger partial charge in [0.1, 0.15) is 12.1 Å². The first kappa shape index (κ1) is 11.5. The van der Waals surface area contributed by atoms with Gasteiger partial charge in [-0.25, -0.2) is 9.97 Å². The SMILES string of the molecule is CN(Cc1ccn[nH]1)c1cc(CCN)ncn1. The number of anilines is 1. The molecular formula is C11H16N6. The largest absolute Gasteiger partial charge is 0.354 e. The fourth-order valence-electron chi connectivity index (χ4n) is 1.59. The fourth-order valence-corrected chi connectivity index (χ4v) is 1.59. The van der Waals surface area contributed by atoms with Crippen LogP contribution in [0.25, 0.3) is 0 Å². The van der Waals surface area contributed by atoms with Crippen LogP contribution in [0, 0.1) is 0 Å². The summed E-state index contributed by atoms with van der Waals surface area (Å²) in [7, 11) is 1.98. The molecule has 90 valence electrons. The summed E-state index contributed by atoms with van der Waals surface area (Å²) in [5.74, 6) is 0.887. The lowest BCUT2D eigenvalue weighted by Gasteiger charge is -2.17. The summed E-state index contributed by atoms with van der Waals surface area (Å²) in [5.41, 5.74) is 7.52. The number of aromatic amines is 1. The van der Waals surface area contributed by atoms with Gasteiger partial charge in [-0.15, -0.1) is 0 Å². The van der Waals surface area contributed by atoms with Crippen molar-refractivity contribution in [3.63, 3.8) is 0 Å². The Morgan fingerprint density at radius 2 is 2.29 bits per heavy atom. The zero-order valence-electron chi connectivity index (χ0n) is 9.80. The summed E-state index contributed by atoms with van der Waals surface area (Å²) >= 11 is 0. The highest BCUT2D eigenvalue weighted by Gasteiger charge is 2.05. The summed E-state index contributed by atoms with van der Waals surface area (Å²) in [5, 5.41) is 6.84. The van der Waals surface area contributed by atoms with Gasteiger partial charge in [-0.2, -0.15) is 5.10 Å². The molecule has 3 N–H and O–H groups in total. The molecule has 2 aromatic heterocycles. The van der Waals surface area contributed by atoms with Crippen LogP contribution in [0.4, 0.5) is 5.82 Å². The number of hydrogen-bond acceptors (Lipinski definition) is 5. The second kappa shape index (κ2) is 5.40. The van der Waals surface area contributed by atoms with Gasteiger partial charge in [-0.05, 0) is 12.6 Å². The highest BCUT2D eigenvalue weighted by Crippen LogP contribution is 2.11. The van der Waals surface area contributed by atoms with Crippen molar-refractivity contribution < 1.29 is 0 Å². The molecule has 6 nitrogen and oxygen atoms in total. The second-order valence-corrected chi connectivity index (χ2v) is 3.84. The molecule has 0 spiro atoms. The molecule has 0 saturated carbocycles. The zero-order valence-corrected chi connectivity index (χ0v) is 9.80. The highest BCUT2D eigenvalue weighted by molar-refractivity contribution is 5.38. The van der Waals surface area contributed by atoms with E-state index in [1.54, 1.807) is 12.5 Å². The maximum absolute atomic E-state index is 5.51. The number of nitrogens with one attached hydrogen (secondary N) is 1. The van der Waals surface area contributed by atoms with Gasteiger partial charge in [0.2, 0.25) is 0 Å². The third-order valence-corrected chi connectivity index (χ3v) is 2.47. The van der Waals surface area contributed by atoms with Gasteiger partial charge in [0.05, 0.1) is 12.2 Å². The Hall–Kier alpha value is -1.95. The van der Waals surface area contributed by atoms with Crippen molar-refractivity contribution in [1.82, 2.24) is 20.2 Å². The van der Waals surface area contributed by atoms with Crippen LogP contribution in [-0.4, -0.2) is 33.8 Å². The monoisotopic (exact) mass is 232 g/mol. The van der Waals surface area contributed by atoms with Gasteiger partial charge >= 0.3 is 0 Å². The smallest absolute Gasteiger partial charge is 0.132 e. The second-order valence-electron chi connectivity index (χ2n) is 3.84. The predicted octanol–water partition coefficient (Wildman–Crippen LogP) is 0.337. The van der Waals surface area contributed by atoms with E-state index in [4.69, 9.17) is 5.73 Å². The standard InChI is InChI=1S/C11H16N6/c1-17(7-10-3-5-15-16-10)11-6-9(2-4-12)13-8-14-11/h3,5-6,8H,2,4,7,12H2,1H3,(H,15,16). The van der Waals surface area contributed by atoms with Gasteiger partial charge in [-0.3, -0.25) is 5.10 Å². The molecule has 0 aromatic carbocycles. The number of nitrogens with two attached hydrogens (primary N) is 1. The van der Waals surface area contributed by atoms with E-state index in [0.29, 0.717) is 6.54 Å². The van der Waals surface area contributed by atoms with Crippen LogP contribution in [0.3, 0.4) is 0 Å². The first-order chi connectivity index (χ1) is 8.29. The minimum atomic E-state index is 0.598. The Labute approximate surface area is 99.9 Å². The van der Waals surface area contributed by atoms with Crippen molar-refractivity contribution in [2.24, 2.45) is 5.73 Å². The Kier molecular flexibility index (Phi) is 3.66. The molecule has 0 fully saturated rings. The summed E-state index contributed by atoms with van der Waals surface area (Å²) in [4.78, 5) is 10.4. The molecule has 0 aliphatic carbocycles. The molecule has 2 rings (SSSR count). The number of aromatic nitrogens is 4. The average molecular weight is 232 g/mol. The third kappa shape index (κ3) is 3.01. The maximum Gasteiger partial charge on any atom is 0.132 e. The molecule has 0 bridgehead atoms. The van der Waals surface area contributed by atoms with Crippen LogP contribution in [0.1, 0.15) is 11.4 Å². The van der Waals surface area contributed by atoms with Crippen molar-refractivity contribution in [1.29, 1.82) is 0 Å². The molecular weight excluding hydrogens is 216 g/mol. The molecule has 0 aliphatic heterocycles. The summed E-state index contributed by atoms with van der Waals surface area (Å²) in [6.07, 6.45) is 4.08. The van der Waals surface area contributed by atoms with E-state index in [0.717, 1.165) is 30.2 Å². The van der Waals surface area contributed by atoms with Crippen molar-refractivity contribution in [3.05, 3.63) is 36.0 Å².